The number of likely N-dealkylation sites (N-methyl/N-ethyl adjacent to an activating group) is 1. The van der Waals surface area contributed by atoms with E-state index in [1.54, 1.807) is 7.11 Å². The van der Waals surface area contributed by atoms with E-state index in [2.05, 4.69) is 6.08 Å². The van der Waals surface area contributed by atoms with Gasteiger partial charge >= 0.3 is 0 Å². The topological polar surface area (TPSA) is 68.2 Å². The lowest BCUT2D eigenvalue weighted by Gasteiger charge is -2.51. The number of aliphatic hydroxyl groups is 2. The molecule has 1 aliphatic carbocycles. The monoisotopic (exact) mass is 332 g/mol. The van der Waals surface area contributed by atoms with Gasteiger partial charge in [-0.25, -0.2) is 0 Å². The lowest BCUT2D eigenvalue weighted by Crippen LogP contribution is -2.61. The largest absolute Gasteiger partial charge is 0.454 e. The maximum absolute atomic E-state index is 11.2. The fraction of sp³-hybridized carbons (Fsp3) is 0.556. The summed E-state index contributed by atoms with van der Waals surface area (Å²) in [6.07, 6.45) is 3.66. The van der Waals surface area contributed by atoms with Crippen LogP contribution in [-0.4, -0.2) is 60.4 Å². The van der Waals surface area contributed by atoms with Crippen LogP contribution in [0.5, 0.6) is 11.5 Å². The van der Waals surface area contributed by atoms with Gasteiger partial charge in [0.1, 0.15) is 18.7 Å². The van der Waals surface area contributed by atoms with Crippen LogP contribution in [0, 0.1) is 0 Å². The van der Waals surface area contributed by atoms with E-state index in [4.69, 9.17) is 14.2 Å². The van der Waals surface area contributed by atoms with E-state index in [1.807, 2.05) is 25.3 Å². The number of hydrogen-bond acceptors (Lipinski definition) is 5. The molecule has 2 bridgehead atoms. The summed E-state index contributed by atoms with van der Waals surface area (Å²) in [6.45, 7) is 0.703. The van der Waals surface area contributed by atoms with Crippen LogP contribution >= 0.6 is 0 Å². The molecule has 1 saturated heterocycles. The molecule has 6 atom stereocenters. The minimum absolute atomic E-state index is 0.00800. The number of fused-ring (bicyclic) bond motifs is 2. The Morgan fingerprint density at radius 1 is 1.25 bits per heavy atom. The van der Waals surface area contributed by atoms with Gasteiger partial charge in [0.25, 0.3) is 0 Å². The highest BCUT2D eigenvalue weighted by atomic mass is 16.7. The van der Waals surface area contributed by atoms with Gasteiger partial charge < -0.3 is 24.4 Å². The van der Waals surface area contributed by atoms with Crippen LogP contribution in [0.15, 0.2) is 24.3 Å². The fourth-order valence-electron chi connectivity index (χ4n) is 5.34. The first-order chi connectivity index (χ1) is 11.5. The van der Waals surface area contributed by atoms with E-state index < -0.39 is 17.7 Å². The van der Waals surface area contributed by atoms with Gasteiger partial charge in [0, 0.05) is 19.1 Å². The molecule has 1 aromatic rings. The quantitative estimate of drug-likeness (QED) is 0.589. The Labute approximate surface area is 140 Å². The van der Waals surface area contributed by atoms with Crippen molar-refractivity contribution >= 4 is 0 Å². The molecule has 2 unspecified atom stereocenters. The third-order valence-corrected chi connectivity index (χ3v) is 6.57. The first-order valence-corrected chi connectivity index (χ1v) is 8.38. The maximum Gasteiger partial charge on any atom is 0.231 e. The normalized spacial score (nSPS) is 44.3. The number of nitrogens with zero attached hydrogens (tertiary/aromatic N) is 1. The Balaban J connectivity index is 1.79. The van der Waals surface area contributed by atoms with Crippen LogP contribution in [0.25, 0.3) is 0 Å². The molecule has 2 N–H and O–H groups in total. The zero-order valence-electron chi connectivity index (χ0n) is 13.8. The highest BCUT2D eigenvalue weighted by Crippen LogP contribution is 2.59. The van der Waals surface area contributed by atoms with Gasteiger partial charge in [-0.1, -0.05) is 12.2 Å². The van der Waals surface area contributed by atoms with Crippen LogP contribution in [0.4, 0.5) is 0 Å². The van der Waals surface area contributed by atoms with Gasteiger partial charge in [-0.2, -0.15) is 0 Å². The van der Waals surface area contributed by atoms with Gasteiger partial charge in [0.05, 0.1) is 18.6 Å². The van der Waals surface area contributed by atoms with Crippen molar-refractivity contribution < 1.29 is 28.9 Å². The maximum atomic E-state index is 11.2. The number of methoxy groups -OCH3 is 1. The summed E-state index contributed by atoms with van der Waals surface area (Å²) in [5, 5.41) is 22.2. The first-order valence-electron chi connectivity index (χ1n) is 8.38. The standard InChI is InChI=1S/C18H22NO5/c1-19-8-16(20)18(4-3-10(22-2)5-15(18)19)12-7-14-13(23-9-24-14)6-11(12)17(19)21/h3-4,6-7,10,15-17,20-21H,5,8-9H2,1-2H3/q+1/t10-,15+,16+,17?,18+,19?/m1/s1. The molecule has 0 radical (unpaired) electrons. The number of quaternary nitrogens is 1. The average Bonchev–Trinajstić information content (AvgIpc) is 3.12. The smallest absolute Gasteiger partial charge is 0.231 e. The molecule has 0 amide bonds. The van der Waals surface area contributed by atoms with Gasteiger partial charge in [-0.15, -0.1) is 0 Å². The van der Waals surface area contributed by atoms with Crippen LogP contribution in [0.1, 0.15) is 23.8 Å². The highest BCUT2D eigenvalue weighted by Gasteiger charge is 2.69. The molecule has 6 nitrogen and oxygen atoms in total. The Morgan fingerprint density at radius 2 is 2.00 bits per heavy atom. The fourth-order valence-corrected chi connectivity index (χ4v) is 5.34. The second kappa shape index (κ2) is 4.52. The number of hydrogen-bond donors (Lipinski definition) is 2. The Kier molecular flexibility index (Phi) is 2.77. The molecule has 5 rings (SSSR count). The second-order valence-corrected chi connectivity index (χ2v) is 7.53. The van der Waals surface area contributed by atoms with Crippen LogP contribution in [0.3, 0.4) is 0 Å². The molecule has 1 aromatic carbocycles. The minimum atomic E-state index is -0.700. The highest BCUT2D eigenvalue weighted by molar-refractivity contribution is 5.56. The summed E-state index contributed by atoms with van der Waals surface area (Å²) < 4.78 is 17.0. The van der Waals surface area contributed by atoms with Gasteiger partial charge in [-0.05, 0) is 17.7 Å². The lowest BCUT2D eigenvalue weighted by molar-refractivity contribution is -0.976. The molecule has 3 aliphatic heterocycles. The van der Waals surface area contributed by atoms with Crippen LogP contribution in [-0.2, 0) is 10.2 Å². The second-order valence-electron chi connectivity index (χ2n) is 7.53. The SMILES string of the molecule is CO[C@@H]1C=C[C@@]23c4cc5c(cc4C(O)[N+](C)(C[C@@H]2O)[C@H]3C1)OCO5. The zero-order valence-corrected chi connectivity index (χ0v) is 13.8. The van der Waals surface area contributed by atoms with Crippen LogP contribution < -0.4 is 9.47 Å². The summed E-state index contributed by atoms with van der Waals surface area (Å²) in [5.74, 6) is 1.35. The zero-order chi connectivity index (χ0) is 16.7. The Bertz CT molecular complexity index is 749. The van der Waals surface area contributed by atoms with E-state index in [0.717, 1.165) is 17.5 Å². The summed E-state index contributed by atoms with van der Waals surface area (Å²) in [6, 6.07) is 3.89. The molecule has 0 saturated carbocycles. The van der Waals surface area contributed by atoms with Crippen molar-refractivity contribution in [3.63, 3.8) is 0 Å². The average molecular weight is 332 g/mol. The van der Waals surface area contributed by atoms with E-state index in [1.165, 1.54) is 0 Å². The van der Waals surface area contributed by atoms with Gasteiger partial charge in [-0.3, -0.25) is 4.48 Å². The summed E-state index contributed by atoms with van der Waals surface area (Å²) in [4.78, 5) is 0. The van der Waals surface area contributed by atoms with E-state index >= 15 is 0 Å². The Morgan fingerprint density at radius 3 is 2.75 bits per heavy atom. The van der Waals surface area contributed by atoms with Crippen molar-refractivity contribution in [3.8, 4) is 11.5 Å². The van der Waals surface area contributed by atoms with Crippen molar-refractivity contribution in [2.75, 3.05) is 27.5 Å². The van der Waals surface area contributed by atoms with E-state index in [0.29, 0.717) is 22.5 Å². The van der Waals surface area contributed by atoms with Crippen molar-refractivity contribution in [2.24, 2.45) is 0 Å². The summed E-state index contributed by atoms with van der Waals surface area (Å²) in [7, 11) is 3.73. The molecule has 6 heteroatoms. The number of ether oxygens (including phenoxy) is 3. The van der Waals surface area contributed by atoms with Crippen molar-refractivity contribution in [1.29, 1.82) is 0 Å². The van der Waals surface area contributed by atoms with E-state index in [-0.39, 0.29) is 18.9 Å². The van der Waals surface area contributed by atoms with Crippen molar-refractivity contribution in [2.45, 2.75) is 36.3 Å². The molecule has 0 spiro atoms. The molecule has 0 aromatic heterocycles. The first kappa shape index (κ1) is 14.7. The summed E-state index contributed by atoms with van der Waals surface area (Å²) >= 11 is 0. The van der Waals surface area contributed by atoms with Crippen molar-refractivity contribution in [3.05, 3.63) is 35.4 Å². The summed E-state index contributed by atoms with van der Waals surface area (Å²) in [5.41, 5.74) is 1.27. The van der Waals surface area contributed by atoms with Gasteiger partial charge in [0.15, 0.2) is 11.5 Å². The molecular weight excluding hydrogens is 310 g/mol. The van der Waals surface area contributed by atoms with Crippen molar-refractivity contribution in [1.82, 2.24) is 0 Å². The molecule has 24 heavy (non-hydrogen) atoms. The predicted octanol–water partition coefficient (Wildman–Crippen LogP) is 0.822. The predicted molar refractivity (Wildman–Crippen MR) is 84.6 cm³/mol. The van der Waals surface area contributed by atoms with E-state index in [9.17, 15) is 10.2 Å². The molecular formula is C18H22NO5+. The lowest BCUT2D eigenvalue weighted by atomic mass is 9.64. The third kappa shape index (κ3) is 1.51. The van der Waals surface area contributed by atoms with Crippen LogP contribution in [0.2, 0.25) is 0 Å². The number of rotatable bonds is 1. The molecule has 4 aliphatic rings. The molecule has 128 valence electrons. The Hall–Kier alpha value is -1.60. The molecule has 3 heterocycles. The number of benzene rings is 1. The minimum Gasteiger partial charge on any atom is -0.454 e. The third-order valence-electron chi connectivity index (χ3n) is 6.57. The van der Waals surface area contributed by atoms with Gasteiger partial charge in [0.2, 0.25) is 13.0 Å². The molecule has 1 fully saturated rings. The number of aliphatic hydroxyl groups excluding tert-OH is 2.